The second kappa shape index (κ2) is 4.95. The van der Waals surface area contributed by atoms with Crippen LogP contribution < -0.4 is 0 Å². The van der Waals surface area contributed by atoms with E-state index in [0.717, 1.165) is 18.2 Å². The van der Waals surface area contributed by atoms with Crippen LogP contribution in [0.4, 0.5) is 22.0 Å². The zero-order chi connectivity index (χ0) is 14.0. The second-order valence-corrected chi connectivity index (χ2v) is 3.97. The van der Waals surface area contributed by atoms with Gasteiger partial charge in [0.05, 0.1) is 5.56 Å². The molecule has 0 fully saturated rings. The van der Waals surface area contributed by atoms with Crippen molar-refractivity contribution in [2.45, 2.75) is 12.6 Å². The molecule has 0 atom stereocenters. The number of aromatic nitrogens is 1. The Morgan fingerprint density at radius 1 is 1.00 bits per heavy atom. The Hall–Kier alpha value is -1.98. The van der Waals surface area contributed by atoms with Crippen LogP contribution in [-0.2, 0) is 12.6 Å². The molecule has 0 amide bonds. The van der Waals surface area contributed by atoms with Gasteiger partial charge in [-0.3, -0.25) is 0 Å². The van der Waals surface area contributed by atoms with Crippen LogP contribution in [0.25, 0.3) is 0 Å². The van der Waals surface area contributed by atoms with Crippen molar-refractivity contribution >= 4 is 0 Å². The molecule has 1 aromatic heterocycles. The van der Waals surface area contributed by atoms with Crippen LogP contribution in [-0.4, -0.2) is 4.98 Å². The highest BCUT2D eigenvalue weighted by atomic mass is 19.4. The van der Waals surface area contributed by atoms with E-state index in [2.05, 4.69) is 4.98 Å². The minimum absolute atomic E-state index is 0.0708. The summed E-state index contributed by atoms with van der Waals surface area (Å²) in [6, 6.07) is 6.19. The van der Waals surface area contributed by atoms with Gasteiger partial charge in [0.15, 0.2) is 0 Å². The molecule has 2 aromatic rings. The summed E-state index contributed by atoms with van der Waals surface area (Å²) in [5, 5.41) is 0. The van der Waals surface area contributed by atoms with Gasteiger partial charge >= 0.3 is 6.18 Å². The minimum atomic E-state index is -4.62. The van der Waals surface area contributed by atoms with Crippen molar-refractivity contribution < 1.29 is 22.0 Å². The maximum absolute atomic E-state index is 13.1. The van der Waals surface area contributed by atoms with Crippen molar-refractivity contribution in [2.75, 3.05) is 0 Å². The number of pyridine rings is 1. The lowest BCUT2D eigenvalue weighted by molar-refractivity contribution is -0.137. The summed E-state index contributed by atoms with van der Waals surface area (Å²) >= 11 is 0. The van der Waals surface area contributed by atoms with Crippen LogP contribution in [0.1, 0.15) is 16.8 Å². The second-order valence-electron chi connectivity index (χ2n) is 3.97. The molecule has 0 saturated carbocycles. The Balaban J connectivity index is 2.33. The molecule has 0 aliphatic heterocycles. The van der Waals surface area contributed by atoms with Gasteiger partial charge in [-0.15, -0.1) is 0 Å². The normalized spacial score (nSPS) is 11.6. The minimum Gasteiger partial charge on any atom is -0.224 e. The molecule has 0 bridgehead atoms. The maximum Gasteiger partial charge on any atom is 0.416 e. The van der Waals surface area contributed by atoms with E-state index < -0.39 is 23.5 Å². The predicted octanol–water partition coefficient (Wildman–Crippen LogP) is 3.97. The van der Waals surface area contributed by atoms with Crippen molar-refractivity contribution in [2.24, 2.45) is 0 Å². The predicted molar refractivity (Wildman–Crippen MR) is 58.4 cm³/mol. The highest BCUT2D eigenvalue weighted by Crippen LogP contribution is 2.30. The molecule has 0 radical (unpaired) electrons. The third-order valence-corrected chi connectivity index (χ3v) is 2.44. The van der Waals surface area contributed by atoms with Crippen LogP contribution in [0.15, 0.2) is 36.4 Å². The first kappa shape index (κ1) is 13.5. The van der Waals surface area contributed by atoms with E-state index in [9.17, 15) is 22.0 Å². The lowest BCUT2D eigenvalue weighted by Crippen LogP contribution is -2.07. The highest BCUT2D eigenvalue weighted by Gasteiger charge is 2.31. The summed E-state index contributed by atoms with van der Waals surface area (Å²) in [6.07, 6.45) is -4.69. The van der Waals surface area contributed by atoms with Gasteiger partial charge in [-0.1, -0.05) is 6.07 Å². The topological polar surface area (TPSA) is 12.9 Å². The number of nitrogens with zero attached hydrogens (tertiary/aromatic N) is 1. The molecule has 0 spiro atoms. The summed E-state index contributed by atoms with van der Waals surface area (Å²) in [5.41, 5.74) is -0.747. The van der Waals surface area contributed by atoms with Gasteiger partial charge < -0.3 is 0 Å². The third kappa shape index (κ3) is 3.49. The monoisotopic (exact) mass is 273 g/mol. The van der Waals surface area contributed by atoms with Crippen LogP contribution in [0.2, 0.25) is 0 Å². The smallest absolute Gasteiger partial charge is 0.224 e. The van der Waals surface area contributed by atoms with Gasteiger partial charge in [-0.2, -0.15) is 17.6 Å². The zero-order valence-electron chi connectivity index (χ0n) is 9.51. The lowest BCUT2D eigenvalue weighted by atomic mass is 10.1. The Bertz CT molecular complexity index is 592. The molecule has 1 nitrogen and oxygen atoms in total. The fraction of sp³-hybridized carbons (Fsp3) is 0.154. The first-order valence-corrected chi connectivity index (χ1v) is 5.33. The molecule has 0 saturated heterocycles. The average molecular weight is 273 g/mol. The van der Waals surface area contributed by atoms with Gasteiger partial charge in [-0.05, 0) is 35.9 Å². The zero-order valence-corrected chi connectivity index (χ0v) is 9.51. The van der Waals surface area contributed by atoms with E-state index in [0.29, 0.717) is 6.07 Å². The fourth-order valence-corrected chi connectivity index (χ4v) is 1.67. The number of alkyl halides is 3. The molecule has 2 rings (SSSR count). The van der Waals surface area contributed by atoms with Crippen molar-refractivity contribution in [1.82, 2.24) is 4.98 Å². The molecule has 0 unspecified atom stereocenters. The van der Waals surface area contributed by atoms with Crippen LogP contribution in [0.5, 0.6) is 0 Å². The molecule has 0 N–H and O–H groups in total. The number of halogens is 5. The Kier molecular flexibility index (Phi) is 3.50. The van der Waals surface area contributed by atoms with Gasteiger partial charge in [-0.25, -0.2) is 9.37 Å². The summed E-state index contributed by atoms with van der Waals surface area (Å²) in [4.78, 5) is 3.52. The standard InChI is InChI=1S/C13H8F5N/c14-10-5-8(4-9(7-10)13(16,17)18)6-11-2-1-3-12(15)19-11/h1-5,7H,6H2. The summed E-state index contributed by atoms with van der Waals surface area (Å²) in [7, 11) is 0. The van der Waals surface area contributed by atoms with E-state index >= 15 is 0 Å². The van der Waals surface area contributed by atoms with Gasteiger partial charge in [0, 0.05) is 12.1 Å². The average Bonchev–Trinajstić information content (AvgIpc) is 2.26. The van der Waals surface area contributed by atoms with E-state index in [-0.39, 0.29) is 17.7 Å². The Morgan fingerprint density at radius 2 is 1.74 bits per heavy atom. The first-order valence-electron chi connectivity index (χ1n) is 5.33. The van der Waals surface area contributed by atoms with Crippen molar-refractivity contribution in [3.63, 3.8) is 0 Å². The van der Waals surface area contributed by atoms with Gasteiger partial charge in [0.25, 0.3) is 0 Å². The third-order valence-electron chi connectivity index (χ3n) is 2.44. The van der Waals surface area contributed by atoms with Crippen molar-refractivity contribution in [1.29, 1.82) is 0 Å². The van der Waals surface area contributed by atoms with Crippen LogP contribution >= 0.6 is 0 Å². The van der Waals surface area contributed by atoms with Crippen LogP contribution in [0.3, 0.4) is 0 Å². The number of hydrogen-bond donors (Lipinski definition) is 0. The molecule has 100 valence electrons. The maximum atomic E-state index is 13.1. The number of benzene rings is 1. The summed E-state index contributed by atoms with van der Waals surface area (Å²) in [6.45, 7) is 0. The summed E-state index contributed by atoms with van der Waals surface area (Å²) in [5.74, 6) is -1.72. The molecule has 19 heavy (non-hydrogen) atoms. The fourth-order valence-electron chi connectivity index (χ4n) is 1.67. The SMILES string of the molecule is Fc1cc(Cc2cccc(F)n2)cc(C(F)(F)F)c1. The molecule has 1 heterocycles. The lowest BCUT2D eigenvalue weighted by Gasteiger charge is -2.09. The van der Waals surface area contributed by atoms with Gasteiger partial charge in [0.1, 0.15) is 5.82 Å². The quantitative estimate of drug-likeness (QED) is 0.596. The molecule has 1 aromatic carbocycles. The van der Waals surface area contributed by atoms with Crippen LogP contribution in [0, 0.1) is 11.8 Å². The number of hydrogen-bond acceptors (Lipinski definition) is 1. The van der Waals surface area contributed by atoms with E-state index in [1.165, 1.54) is 12.1 Å². The van der Waals surface area contributed by atoms with Crippen molar-refractivity contribution in [3.8, 4) is 0 Å². The first-order chi connectivity index (χ1) is 8.84. The van der Waals surface area contributed by atoms with E-state index in [1.54, 1.807) is 0 Å². The van der Waals surface area contributed by atoms with Crippen molar-refractivity contribution in [3.05, 3.63) is 65.0 Å². The molecule has 0 aliphatic carbocycles. The van der Waals surface area contributed by atoms with E-state index in [1.807, 2.05) is 0 Å². The highest BCUT2D eigenvalue weighted by molar-refractivity contribution is 5.29. The Morgan fingerprint density at radius 3 is 2.37 bits per heavy atom. The molecule has 0 aliphatic rings. The molecule has 6 heteroatoms. The molecular formula is C13H8F5N. The van der Waals surface area contributed by atoms with Gasteiger partial charge in [0.2, 0.25) is 5.95 Å². The molecular weight excluding hydrogens is 265 g/mol. The number of rotatable bonds is 2. The summed E-state index contributed by atoms with van der Waals surface area (Å²) < 4.78 is 63.5. The Labute approximate surface area is 105 Å². The largest absolute Gasteiger partial charge is 0.416 e. The van der Waals surface area contributed by atoms with E-state index in [4.69, 9.17) is 0 Å².